The van der Waals surface area contributed by atoms with Gasteiger partial charge in [0.2, 0.25) is 0 Å². The molecule has 1 unspecified atom stereocenters. The molecule has 22 heavy (non-hydrogen) atoms. The first-order valence-corrected chi connectivity index (χ1v) is 6.37. The first kappa shape index (κ1) is 17.8. The highest BCUT2D eigenvalue weighted by molar-refractivity contribution is 6.10. The third-order valence-electron chi connectivity index (χ3n) is 2.71. The lowest BCUT2D eigenvalue weighted by Gasteiger charge is -2.13. The molecule has 122 valence electrons. The van der Waals surface area contributed by atoms with Gasteiger partial charge in [-0.15, -0.1) is 13.2 Å². The van der Waals surface area contributed by atoms with Crippen molar-refractivity contribution in [2.45, 2.75) is 19.3 Å². The Morgan fingerprint density at radius 1 is 1.55 bits per heavy atom. The van der Waals surface area contributed by atoms with Crippen LogP contribution in [0.15, 0.2) is 23.5 Å². The Balaban J connectivity index is 3.06. The van der Waals surface area contributed by atoms with Gasteiger partial charge in [0.15, 0.2) is 0 Å². The van der Waals surface area contributed by atoms with Crippen LogP contribution in [0.2, 0.25) is 0 Å². The Morgan fingerprint density at radius 3 is 2.77 bits per heavy atom. The van der Waals surface area contributed by atoms with Crippen molar-refractivity contribution in [1.29, 1.82) is 0 Å². The molecule has 0 fully saturated rings. The normalized spacial score (nSPS) is 14.3. The lowest BCUT2D eigenvalue weighted by molar-refractivity contribution is -0.274. The van der Waals surface area contributed by atoms with Gasteiger partial charge in [-0.25, -0.2) is 4.98 Å². The van der Waals surface area contributed by atoms with Crippen LogP contribution >= 0.6 is 0 Å². The average molecular weight is 317 g/mol. The molecule has 0 aromatic carbocycles. The smallest absolute Gasteiger partial charge is 0.405 e. The Labute approximate surface area is 126 Å². The third kappa shape index (κ3) is 5.60. The summed E-state index contributed by atoms with van der Waals surface area (Å²) < 4.78 is 41.3. The Bertz CT molecular complexity index is 557. The number of nitrogens with zero attached hydrogens (tertiary/aromatic N) is 2. The van der Waals surface area contributed by atoms with Crippen molar-refractivity contribution >= 4 is 17.6 Å². The molecular weight excluding hydrogens is 299 g/mol. The summed E-state index contributed by atoms with van der Waals surface area (Å²) in [5, 5.41) is 2.98. The van der Waals surface area contributed by atoms with Crippen LogP contribution < -0.4 is 21.5 Å². The second kappa shape index (κ2) is 7.64. The van der Waals surface area contributed by atoms with Gasteiger partial charge in [0.1, 0.15) is 11.6 Å². The lowest BCUT2D eigenvalue weighted by atomic mass is 10.1. The van der Waals surface area contributed by atoms with Crippen LogP contribution in [-0.2, 0) is 0 Å². The second-order valence-electron chi connectivity index (χ2n) is 4.46. The molecule has 1 atom stereocenters. The molecule has 1 aromatic rings. The number of aliphatic imine (C=N–C) groups is 1. The fourth-order valence-electron chi connectivity index (χ4n) is 1.48. The summed E-state index contributed by atoms with van der Waals surface area (Å²) >= 11 is 0. The standard InChI is InChI=1S/C13H18F3N5O/c1-8(19-2)5-20-6-9(4-17)10-7-21-12(18)3-11(10)22-13(14,15)16/h3-4,6-8,19H,5,17H2,1-2H3,(H2,18,21)/b9-4+,20-6?. The number of alkyl halides is 3. The van der Waals surface area contributed by atoms with E-state index in [1.165, 1.54) is 6.21 Å². The zero-order chi connectivity index (χ0) is 16.8. The van der Waals surface area contributed by atoms with Crippen molar-refractivity contribution in [1.82, 2.24) is 10.3 Å². The maximum atomic E-state index is 12.4. The van der Waals surface area contributed by atoms with E-state index in [0.717, 1.165) is 18.5 Å². The maximum Gasteiger partial charge on any atom is 0.573 e. The van der Waals surface area contributed by atoms with Gasteiger partial charge >= 0.3 is 6.36 Å². The number of likely N-dealkylation sites (N-methyl/N-ethyl adjacent to an activating group) is 1. The number of anilines is 1. The number of pyridine rings is 1. The Hall–Kier alpha value is -2.29. The van der Waals surface area contributed by atoms with E-state index in [-0.39, 0.29) is 23.0 Å². The number of aromatic nitrogens is 1. The zero-order valence-corrected chi connectivity index (χ0v) is 12.2. The highest BCUT2D eigenvalue weighted by atomic mass is 19.4. The number of hydrogen-bond acceptors (Lipinski definition) is 6. The summed E-state index contributed by atoms with van der Waals surface area (Å²) in [5.41, 5.74) is 11.2. The molecule has 1 heterocycles. The van der Waals surface area contributed by atoms with E-state index in [4.69, 9.17) is 11.5 Å². The van der Waals surface area contributed by atoms with Gasteiger partial charge in [-0.3, -0.25) is 4.99 Å². The molecule has 0 bridgehead atoms. The number of halogens is 3. The quantitative estimate of drug-likeness (QED) is 0.691. The predicted molar refractivity (Wildman–Crippen MR) is 79.4 cm³/mol. The summed E-state index contributed by atoms with van der Waals surface area (Å²) in [6.07, 6.45) is -1.20. The van der Waals surface area contributed by atoms with Crippen LogP contribution in [-0.4, -0.2) is 37.2 Å². The van der Waals surface area contributed by atoms with Crippen molar-refractivity contribution in [2.75, 3.05) is 19.3 Å². The molecule has 0 amide bonds. The minimum absolute atomic E-state index is 0.0508. The number of nitrogens with two attached hydrogens (primary N) is 2. The zero-order valence-electron chi connectivity index (χ0n) is 12.2. The van der Waals surface area contributed by atoms with Crippen LogP contribution in [0.5, 0.6) is 5.75 Å². The average Bonchev–Trinajstić information content (AvgIpc) is 2.42. The van der Waals surface area contributed by atoms with E-state index >= 15 is 0 Å². The van der Waals surface area contributed by atoms with Crippen LogP contribution in [0.25, 0.3) is 5.57 Å². The van der Waals surface area contributed by atoms with Gasteiger partial charge in [-0.1, -0.05) is 0 Å². The van der Waals surface area contributed by atoms with E-state index in [2.05, 4.69) is 20.0 Å². The SMILES string of the molecule is CNC(C)CN=C/C(=C\N)c1cnc(N)cc1OC(F)(F)F. The van der Waals surface area contributed by atoms with E-state index in [1.807, 2.05) is 6.92 Å². The summed E-state index contributed by atoms with van der Waals surface area (Å²) in [6.45, 7) is 2.35. The van der Waals surface area contributed by atoms with Gasteiger partial charge in [-0.2, -0.15) is 0 Å². The van der Waals surface area contributed by atoms with Crippen molar-refractivity contribution in [3.05, 3.63) is 24.0 Å². The third-order valence-corrected chi connectivity index (χ3v) is 2.71. The number of nitrogen functional groups attached to an aromatic ring is 1. The maximum absolute atomic E-state index is 12.4. The van der Waals surface area contributed by atoms with E-state index in [9.17, 15) is 13.2 Å². The molecule has 0 radical (unpaired) electrons. The van der Waals surface area contributed by atoms with Crippen LogP contribution in [0.4, 0.5) is 19.0 Å². The van der Waals surface area contributed by atoms with E-state index in [1.54, 1.807) is 7.05 Å². The molecule has 0 aliphatic carbocycles. The topological polar surface area (TPSA) is 98.5 Å². The fraction of sp³-hybridized carbons (Fsp3) is 0.385. The molecule has 9 heteroatoms. The van der Waals surface area contributed by atoms with E-state index in [0.29, 0.717) is 6.54 Å². The predicted octanol–water partition coefficient (Wildman–Crippen LogP) is 1.54. The van der Waals surface area contributed by atoms with Crippen molar-refractivity contribution in [3.63, 3.8) is 0 Å². The number of rotatable bonds is 6. The minimum Gasteiger partial charge on any atom is -0.405 e. The summed E-state index contributed by atoms with van der Waals surface area (Å²) in [6, 6.07) is 1.10. The Kier molecular flexibility index (Phi) is 6.17. The summed E-state index contributed by atoms with van der Waals surface area (Å²) in [5.74, 6) is -0.579. The lowest BCUT2D eigenvalue weighted by Crippen LogP contribution is -2.24. The molecule has 0 saturated carbocycles. The van der Waals surface area contributed by atoms with Crippen LogP contribution in [0.3, 0.4) is 0 Å². The molecule has 0 spiro atoms. The Morgan fingerprint density at radius 2 is 2.23 bits per heavy atom. The van der Waals surface area contributed by atoms with Crippen LogP contribution in [0, 0.1) is 0 Å². The van der Waals surface area contributed by atoms with Gasteiger partial charge in [0, 0.05) is 41.9 Å². The fourth-order valence-corrected chi connectivity index (χ4v) is 1.48. The molecule has 0 saturated heterocycles. The number of ether oxygens (including phenoxy) is 1. The largest absolute Gasteiger partial charge is 0.573 e. The van der Waals surface area contributed by atoms with E-state index < -0.39 is 12.1 Å². The van der Waals surface area contributed by atoms with Gasteiger partial charge < -0.3 is 21.5 Å². The highest BCUT2D eigenvalue weighted by Crippen LogP contribution is 2.30. The number of hydrogen-bond donors (Lipinski definition) is 3. The second-order valence-corrected chi connectivity index (χ2v) is 4.46. The van der Waals surface area contributed by atoms with Crippen LogP contribution in [0.1, 0.15) is 12.5 Å². The minimum atomic E-state index is -4.85. The summed E-state index contributed by atoms with van der Waals surface area (Å²) in [7, 11) is 1.78. The molecule has 1 rings (SSSR count). The molecule has 0 aliphatic rings. The highest BCUT2D eigenvalue weighted by Gasteiger charge is 2.32. The number of allylic oxidation sites excluding steroid dienone is 1. The molecule has 6 nitrogen and oxygen atoms in total. The molecule has 5 N–H and O–H groups in total. The van der Waals surface area contributed by atoms with Gasteiger partial charge in [0.25, 0.3) is 0 Å². The number of nitrogens with one attached hydrogen (secondary N) is 1. The first-order chi connectivity index (χ1) is 10.3. The van der Waals surface area contributed by atoms with Gasteiger partial charge in [0.05, 0.1) is 6.54 Å². The van der Waals surface area contributed by atoms with Crippen molar-refractivity contribution < 1.29 is 17.9 Å². The summed E-state index contributed by atoms with van der Waals surface area (Å²) in [4.78, 5) is 7.88. The molecule has 0 aliphatic heterocycles. The van der Waals surface area contributed by atoms with Gasteiger partial charge in [-0.05, 0) is 14.0 Å². The molecule has 1 aromatic heterocycles. The monoisotopic (exact) mass is 317 g/mol. The van der Waals surface area contributed by atoms with Crippen molar-refractivity contribution in [3.8, 4) is 5.75 Å². The molecular formula is C13H18F3N5O. The first-order valence-electron chi connectivity index (χ1n) is 6.37. The van der Waals surface area contributed by atoms with Crippen molar-refractivity contribution in [2.24, 2.45) is 10.7 Å².